The molecule has 1 aromatic rings. The SMILES string of the molecule is Cc1ccc(/C=C2\SC(=O)N(CCN)C2=O)s1. The quantitative estimate of drug-likeness (QED) is 0.852. The van der Waals surface area contributed by atoms with Crippen molar-refractivity contribution in [2.45, 2.75) is 6.92 Å². The van der Waals surface area contributed by atoms with Gasteiger partial charge in [0.1, 0.15) is 0 Å². The summed E-state index contributed by atoms with van der Waals surface area (Å²) in [4.78, 5) is 27.3. The van der Waals surface area contributed by atoms with Gasteiger partial charge in [0.2, 0.25) is 0 Å². The van der Waals surface area contributed by atoms with Gasteiger partial charge in [-0.3, -0.25) is 14.5 Å². The number of carbonyl (C=O) groups is 2. The van der Waals surface area contributed by atoms with Crippen LogP contribution in [0.25, 0.3) is 6.08 Å². The maximum atomic E-state index is 11.9. The van der Waals surface area contributed by atoms with E-state index in [0.29, 0.717) is 11.4 Å². The topological polar surface area (TPSA) is 63.4 Å². The molecule has 0 aromatic carbocycles. The van der Waals surface area contributed by atoms with Gasteiger partial charge < -0.3 is 5.73 Å². The van der Waals surface area contributed by atoms with Crippen LogP contribution in [0.1, 0.15) is 9.75 Å². The zero-order chi connectivity index (χ0) is 12.4. The van der Waals surface area contributed by atoms with E-state index in [1.807, 2.05) is 19.1 Å². The number of nitrogens with zero attached hydrogens (tertiary/aromatic N) is 1. The highest BCUT2D eigenvalue weighted by molar-refractivity contribution is 8.18. The molecule has 2 rings (SSSR count). The largest absolute Gasteiger partial charge is 0.329 e. The first kappa shape index (κ1) is 12.3. The molecule has 1 aromatic heterocycles. The Morgan fingerprint density at radius 1 is 1.41 bits per heavy atom. The number of imide groups is 1. The van der Waals surface area contributed by atoms with Crippen molar-refractivity contribution in [3.63, 3.8) is 0 Å². The first-order valence-corrected chi connectivity index (χ1v) is 6.77. The van der Waals surface area contributed by atoms with E-state index < -0.39 is 0 Å². The van der Waals surface area contributed by atoms with Crippen molar-refractivity contribution >= 4 is 40.3 Å². The van der Waals surface area contributed by atoms with Gasteiger partial charge in [0, 0.05) is 22.8 Å². The second-order valence-electron chi connectivity index (χ2n) is 3.57. The number of hydrogen-bond donors (Lipinski definition) is 1. The Balaban J connectivity index is 2.21. The van der Waals surface area contributed by atoms with Gasteiger partial charge in [-0.1, -0.05) is 0 Å². The van der Waals surface area contributed by atoms with Crippen LogP contribution in [0.4, 0.5) is 4.79 Å². The molecule has 0 aliphatic carbocycles. The normalized spacial score (nSPS) is 18.5. The molecule has 1 aliphatic heterocycles. The van der Waals surface area contributed by atoms with Gasteiger partial charge in [-0.15, -0.1) is 11.3 Å². The number of carbonyl (C=O) groups excluding carboxylic acids is 2. The number of thioether (sulfide) groups is 1. The smallest absolute Gasteiger partial charge is 0.293 e. The Kier molecular flexibility index (Phi) is 3.66. The maximum Gasteiger partial charge on any atom is 0.293 e. The first-order chi connectivity index (χ1) is 8.11. The Morgan fingerprint density at radius 2 is 2.18 bits per heavy atom. The Hall–Kier alpha value is -1.11. The number of rotatable bonds is 3. The van der Waals surface area contributed by atoms with E-state index in [4.69, 9.17) is 5.73 Å². The highest BCUT2D eigenvalue weighted by Gasteiger charge is 2.34. The molecule has 90 valence electrons. The second kappa shape index (κ2) is 5.03. The minimum absolute atomic E-state index is 0.236. The maximum absolute atomic E-state index is 11.9. The predicted octanol–water partition coefficient (Wildman–Crippen LogP) is 2.05. The lowest BCUT2D eigenvalue weighted by Crippen LogP contribution is -2.33. The Bertz CT molecular complexity index is 493. The lowest BCUT2D eigenvalue weighted by molar-refractivity contribution is -0.122. The molecule has 0 spiro atoms. The Morgan fingerprint density at radius 3 is 2.76 bits per heavy atom. The zero-order valence-electron chi connectivity index (χ0n) is 9.30. The van der Waals surface area contributed by atoms with Crippen LogP contribution in [0.2, 0.25) is 0 Å². The summed E-state index contributed by atoms with van der Waals surface area (Å²) in [5, 5.41) is -0.236. The minimum Gasteiger partial charge on any atom is -0.329 e. The molecule has 17 heavy (non-hydrogen) atoms. The summed E-state index contributed by atoms with van der Waals surface area (Å²) in [5.41, 5.74) is 5.36. The van der Waals surface area contributed by atoms with Crippen molar-refractivity contribution in [1.82, 2.24) is 4.90 Å². The van der Waals surface area contributed by atoms with Crippen molar-refractivity contribution in [2.75, 3.05) is 13.1 Å². The standard InChI is InChI=1S/C11H12N2O2S2/c1-7-2-3-8(16-7)6-9-10(14)13(5-4-12)11(15)17-9/h2-3,6H,4-5,12H2,1H3/b9-6-. The molecular weight excluding hydrogens is 256 g/mol. The third-order valence-corrected chi connectivity index (χ3v) is 4.12. The van der Waals surface area contributed by atoms with Gasteiger partial charge in [-0.25, -0.2) is 0 Å². The van der Waals surface area contributed by atoms with Gasteiger partial charge in [0.15, 0.2) is 0 Å². The number of amides is 2. The number of aryl methyl sites for hydroxylation is 1. The molecule has 0 atom stereocenters. The summed E-state index contributed by atoms with van der Waals surface area (Å²) in [6.45, 7) is 2.58. The monoisotopic (exact) mass is 268 g/mol. The van der Waals surface area contributed by atoms with Crippen LogP contribution >= 0.6 is 23.1 Å². The second-order valence-corrected chi connectivity index (χ2v) is 5.88. The molecular formula is C11H12N2O2S2. The van der Waals surface area contributed by atoms with Crippen LogP contribution in [0.15, 0.2) is 17.0 Å². The molecule has 2 N–H and O–H groups in total. The van der Waals surface area contributed by atoms with Crippen molar-refractivity contribution in [2.24, 2.45) is 5.73 Å². The van der Waals surface area contributed by atoms with Crippen molar-refractivity contribution in [1.29, 1.82) is 0 Å². The average molecular weight is 268 g/mol. The van der Waals surface area contributed by atoms with Crippen LogP contribution in [0, 0.1) is 6.92 Å². The first-order valence-electron chi connectivity index (χ1n) is 5.13. The molecule has 4 nitrogen and oxygen atoms in total. The molecule has 1 aliphatic rings. The summed E-state index contributed by atoms with van der Waals surface area (Å²) in [7, 11) is 0. The van der Waals surface area contributed by atoms with Gasteiger partial charge in [-0.2, -0.15) is 0 Å². The van der Waals surface area contributed by atoms with Crippen LogP contribution in [0.5, 0.6) is 0 Å². The zero-order valence-corrected chi connectivity index (χ0v) is 10.9. The van der Waals surface area contributed by atoms with Gasteiger partial charge >= 0.3 is 0 Å². The van der Waals surface area contributed by atoms with Gasteiger partial charge in [0.25, 0.3) is 11.1 Å². The number of thiophene rings is 1. The number of nitrogens with two attached hydrogens (primary N) is 1. The summed E-state index contributed by atoms with van der Waals surface area (Å²) in [6, 6.07) is 3.93. The van der Waals surface area contributed by atoms with Crippen molar-refractivity contribution in [3.05, 3.63) is 26.8 Å². The summed E-state index contributed by atoms with van der Waals surface area (Å²) < 4.78 is 0. The van der Waals surface area contributed by atoms with Crippen molar-refractivity contribution in [3.8, 4) is 0 Å². The van der Waals surface area contributed by atoms with Crippen molar-refractivity contribution < 1.29 is 9.59 Å². The third kappa shape index (κ3) is 2.59. The van der Waals surface area contributed by atoms with Crippen LogP contribution in [-0.2, 0) is 4.79 Å². The molecule has 6 heteroatoms. The lowest BCUT2D eigenvalue weighted by Gasteiger charge is -2.09. The number of hydrogen-bond acceptors (Lipinski definition) is 5. The van der Waals surface area contributed by atoms with E-state index >= 15 is 0 Å². The molecule has 2 amide bonds. The highest BCUT2D eigenvalue weighted by Crippen LogP contribution is 2.32. The van der Waals surface area contributed by atoms with Crippen LogP contribution < -0.4 is 5.73 Å². The molecule has 1 fully saturated rings. The Labute approximate surface area is 107 Å². The van der Waals surface area contributed by atoms with E-state index in [0.717, 1.165) is 16.6 Å². The van der Waals surface area contributed by atoms with E-state index in [-0.39, 0.29) is 17.7 Å². The average Bonchev–Trinajstić information content (AvgIpc) is 2.79. The van der Waals surface area contributed by atoms with E-state index in [2.05, 4.69) is 0 Å². The summed E-state index contributed by atoms with van der Waals surface area (Å²) in [5.74, 6) is -0.239. The van der Waals surface area contributed by atoms with Crippen LogP contribution in [0.3, 0.4) is 0 Å². The molecule has 0 unspecified atom stereocenters. The molecule has 2 heterocycles. The highest BCUT2D eigenvalue weighted by atomic mass is 32.2. The molecule has 0 radical (unpaired) electrons. The predicted molar refractivity (Wildman–Crippen MR) is 70.8 cm³/mol. The third-order valence-electron chi connectivity index (χ3n) is 2.26. The fourth-order valence-corrected chi connectivity index (χ4v) is 3.23. The van der Waals surface area contributed by atoms with Gasteiger partial charge in [0.05, 0.1) is 4.91 Å². The van der Waals surface area contributed by atoms with E-state index in [1.54, 1.807) is 17.4 Å². The fraction of sp³-hybridized carbons (Fsp3) is 0.273. The summed E-state index contributed by atoms with van der Waals surface area (Å²) in [6.07, 6.45) is 1.76. The van der Waals surface area contributed by atoms with Crippen LogP contribution in [-0.4, -0.2) is 29.1 Å². The molecule has 0 saturated carbocycles. The van der Waals surface area contributed by atoms with E-state index in [1.165, 1.54) is 9.78 Å². The fourth-order valence-electron chi connectivity index (χ4n) is 1.48. The van der Waals surface area contributed by atoms with Gasteiger partial charge in [-0.05, 0) is 36.9 Å². The molecule has 1 saturated heterocycles. The minimum atomic E-state index is -0.239. The lowest BCUT2D eigenvalue weighted by atomic mass is 10.3. The molecule has 0 bridgehead atoms. The summed E-state index contributed by atoms with van der Waals surface area (Å²) >= 11 is 2.57. The van der Waals surface area contributed by atoms with E-state index in [9.17, 15) is 9.59 Å².